The third-order valence-corrected chi connectivity index (χ3v) is 5.57. The molecule has 1 aliphatic rings. The SMILES string of the molecule is COc1cc(OCC(=O)O)cc(C2=NC(c3ccc(Cl)cc3)C(c3ccc(Cl)cc3)N2)c1. The predicted molar refractivity (Wildman–Crippen MR) is 124 cm³/mol. The summed E-state index contributed by atoms with van der Waals surface area (Å²) in [4.78, 5) is 15.9. The molecule has 2 atom stereocenters. The second-order valence-electron chi connectivity index (χ2n) is 7.23. The summed E-state index contributed by atoms with van der Waals surface area (Å²) in [5.74, 6) is 0.495. The molecule has 32 heavy (non-hydrogen) atoms. The van der Waals surface area contributed by atoms with Crippen LogP contribution in [-0.4, -0.2) is 30.6 Å². The fourth-order valence-corrected chi connectivity index (χ4v) is 3.80. The zero-order valence-electron chi connectivity index (χ0n) is 17.1. The number of rotatable bonds is 7. The lowest BCUT2D eigenvalue weighted by Crippen LogP contribution is -2.25. The van der Waals surface area contributed by atoms with Gasteiger partial charge in [0.25, 0.3) is 0 Å². The molecular formula is C24H20Cl2N2O4. The van der Waals surface area contributed by atoms with Crippen LogP contribution in [0.5, 0.6) is 11.5 Å². The molecule has 1 heterocycles. The lowest BCUT2D eigenvalue weighted by atomic mass is 9.95. The Balaban J connectivity index is 1.72. The van der Waals surface area contributed by atoms with Gasteiger partial charge in [-0.05, 0) is 47.5 Å². The third kappa shape index (κ3) is 4.98. The second kappa shape index (κ2) is 9.51. The Labute approximate surface area is 195 Å². The largest absolute Gasteiger partial charge is 0.497 e. The van der Waals surface area contributed by atoms with Crippen LogP contribution in [-0.2, 0) is 4.79 Å². The number of hydrogen-bond donors (Lipinski definition) is 2. The quantitative estimate of drug-likeness (QED) is 0.489. The van der Waals surface area contributed by atoms with E-state index in [2.05, 4.69) is 5.32 Å². The molecule has 0 saturated carbocycles. The first-order chi connectivity index (χ1) is 15.4. The van der Waals surface area contributed by atoms with Crippen LogP contribution in [0.4, 0.5) is 0 Å². The number of aliphatic imine (C=N–C) groups is 1. The molecule has 164 valence electrons. The van der Waals surface area contributed by atoms with Crippen LogP contribution >= 0.6 is 23.2 Å². The van der Waals surface area contributed by atoms with Crippen molar-refractivity contribution in [1.82, 2.24) is 5.32 Å². The van der Waals surface area contributed by atoms with Gasteiger partial charge in [-0.2, -0.15) is 0 Å². The zero-order chi connectivity index (χ0) is 22.7. The molecule has 6 nitrogen and oxygen atoms in total. The molecule has 0 amide bonds. The van der Waals surface area contributed by atoms with E-state index in [1.165, 1.54) is 7.11 Å². The van der Waals surface area contributed by atoms with E-state index in [0.717, 1.165) is 16.7 Å². The summed E-state index contributed by atoms with van der Waals surface area (Å²) in [7, 11) is 1.54. The van der Waals surface area contributed by atoms with Gasteiger partial charge in [0, 0.05) is 21.7 Å². The van der Waals surface area contributed by atoms with Crippen molar-refractivity contribution in [3.63, 3.8) is 0 Å². The highest BCUT2D eigenvalue weighted by Gasteiger charge is 2.32. The number of aliphatic carboxylic acids is 1. The van der Waals surface area contributed by atoms with E-state index < -0.39 is 12.6 Å². The minimum Gasteiger partial charge on any atom is -0.497 e. The van der Waals surface area contributed by atoms with Crippen molar-refractivity contribution in [2.45, 2.75) is 12.1 Å². The van der Waals surface area contributed by atoms with Crippen LogP contribution in [0.2, 0.25) is 10.0 Å². The number of benzene rings is 3. The molecule has 0 fully saturated rings. The van der Waals surface area contributed by atoms with Gasteiger partial charge in [-0.25, -0.2) is 4.79 Å². The number of carbonyl (C=O) groups is 1. The van der Waals surface area contributed by atoms with Crippen molar-refractivity contribution in [1.29, 1.82) is 0 Å². The summed E-state index contributed by atoms with van der Waals surface area (Å²) in [5.41, 5.74) is 2.75. The topological polar surface area (TPSA) is 80.2 Å². The summed E-state index contributed by atoms with van der Waals surface area (Å²) >= 11 is 12.2. The van der Waals surface area contributed by atoms with E-state index in [0.29, 0.717) is 27.4 Å². The predicted octanol–water partition coefficient (Wildman–Crippen LogP) is 5.30. The zero-order valence-corrected chi connectivity index (χ0v) is 18.6. The number of halogens is 2. The molecule has 0 saturated heterocycles. The van der Waals surface area contributed by atoms with E-state index >= 15 is 0 Å². The monoisotopic (exact) mass is 470 g/mol. The van der Waals surface area contributed by atoms with Crippen LogP contribution in [0.3, 0.4) is 0 Å². The maximum atomic E-state index is 10.9. The maximum absolute atomic E-state index is 10.9. The van der Waals surface area contributed by atoms with Gasteiger partial charge in [-0.15, -0.1) is 0 Å². The Kier molecular flexibility index (Phi) is 6.53. The molecule has 0 aliphatic carbocycles. The molecule has 0 bridgehead atoms. The average Bonchev–Trinajstić information content (AvgIpc) is 3.24. The standard InChI is InChI=1S/C24H20Cl2N2O4/c1-31-19-10-16(11-20(12-19)32-13-21(29)30)24-27-22(14-2-6-17(25)7-3-14)23(28-24)15-4-8-18(26)9-5-15/h2-12,22-23H,13H2,1H3,(H,27,28)(H,29,30). The first kappa shape index (κ1) is 22.0. The summed E-state index contributed by atoms with van der Waals surface area (Å²) in [6.45, 7) is -0.451. The molecule has 3 aromatic carbocycles. The van der Waals surface area contributed by atoms with E-state index in [-0.39, 0.29) is 12.1 Å². The highest BCUT2D eigenvalue weighted by atomic mass is 35.5. The van der Waals surface area contributed by atoms with Crippen molar-refractivity contribution in [2.24, 2.45) is 4.99 Å². The van der Waals surface area contributed by atoms with Gasteiger partial charge in [-0.1, -0.05) is 47.5 Å². The minimum absolute atomic E-state index is 0.141. The molecule has 0 radical (unpaired) electrons. The third-order valence-electron chi connectivity index (χ3n) is 5.07. The van der Waals surface area contributed by atoms with Crippen LogP contribution in [0.1, 0.15) is 28.8 Å². The summed E-state index contributed by atoms with van der Waals surface area (Å²) < 4.78 is 10.7. The number of ether oxygens (including phenoxy) is 2. The normalized spacial score (nSPS) is 17.4. The van der Waals surface area contributed by atoms with E-state index in [4.69, 9.17) is 42.8 Å². The molecule has 8 heteroatoms. The molecule has 3 aromatic rings. The van der Waals surface area contributed by atoms with Gasteiger partial charge in [-0.3, -0.25) is 4.99 Å². The lowest BCUT2D eigenvalue weighted by Gasteiger charge is -2.20. The van der Waals surface area contributed by atoms with Gasteiger partial charge in [0.2, 0.25) is 0 Å². The highest BCUT2D eigenvalue weighted by Crippen LogP contribution is 2.38. The minimum atomic E-state index is -1.06. The van der Waals surface area contributed by atoms with Gasteiger partial charge in [0.1, 0.15) is 23.4 Å². The number of nitrogens with zero attached hydrogens (tertiary/aromatic N) is 1. The number of methoxy groups -OCH3 is 1. The lowest BCUT2D eigenvalue weighted by molar-refractivity contribution is -0.139. The fraction of sp³-hybridized carbons (Fsp3) is 0.167. The molecular weight excluding hydrogens is 451 g/mol. The maximum Gasteiger partial charge on any atom is 0.341 e. The van der Waals surface area contributed by atoms with Crippen LogP contribution in [0.25, 0.3) is 0 Å². The summed E-state index contributed by atoms with van der Waals surface area (Å²) in [6.07, 6.45) is 0. The van der Waals surface area contributed by atoms with Gasteiger partial charge in [0.05, 0.1) is 13.2 Å². The fourth-order valence-electron chi connectivity index (χ4n) is 3.55. The molecule has 1 aliphatic heterocycles. The Bertz CT molecular complexity index is 1150. The molecule has 4 rings (SSSR count). The van der Waals surface area contributed by atoms with Crippen molar-refractivity contribution in [2.75, 3.05) is 13.7 Å². The summed E-state index contributed by atoms with van der Waals surface area (Å²) in [6, 6.07) is 20.1. The Morgan fingerprint density at radius 1 is 0.969 bits per heavy atom. The Morgan fingerprint density at radius 3 is 2.16 bits per heavy atom. The van der Waals surface area contributed by atoms with Crippen molar-refractivity contribution < 1.29 is 19.4 Å². The number of nitrogens with one attached hydrogen (secondary N) is 1. The van der Waals surface area contributed by atoms with Crippen molar-refractivity contribution in [3.05, 3.63) is 93.5 Å². The van der Waals surface area contributed by atoms with Crippen molar-refractivity contribution in [3.8, 4) is 11.5 Å². The van der Waals surface area contributed by atoms with Crippen LogP contribution in [0.15, 0.2) is 71.7 Å². The molecule has 0 spiro atoms. The first-order valence-electron chi connectivity index (χ1n) is 9.82. The average molecular weight is 471 g/mol. The van der Waals surface area contributed by atoms with Gasteiger partial charge in [0.15, 0.2) is 6.61 Å². The van der Waals surface area contributed by atoms with Gasteiger partial charge >= 0.3 is 5.97 Å². The Morgan fingerprint density at radius 2 is 1.56 bits per heavy atom. The summed E-state index contributed by atoms with van der Waals surface area (Å²) in [5, 5.41) is 13.7. The molecule has 0 aromatic heterocycles. The van der Waals surface area contributed by atoms with E-state index in [1.54, 1.807) is 12.1 Å². The van der Waals surface area contributed by atoms with Crippen molar-refractivity contribution >= 4 is 35.0 Å². The number of amidine groups is 1. The van der Waals surface area contributed by atoms with E-state index in [1.807, 2.05) is 54.6 Å². The number of carboxylic acids is 1. The van der Waals surface area contributed by atoms with E-state index in [9.17, 15) is 4.79 Å². The second-order valence-corrected chi connectivity index (χ2v) is 8.10. The smallest absolute Gasteiger partial charge is 0.341 e. The number of hydrogen-bond acceptors (Lipinski definition) is 5. The molecule has 2 N–H and O–H groups in total. The van der Waals surface area contributed by atoms with Crippen LogP contribution < -0.4 is 14.8 Å². The highest BCUT2D eigenvalue weighted by molar-refractivity contribution is 6.30. The van der Waals surface area contributed by atoms with Crippen LogP contribution in [0, 0.1) is 0 Å². The number of carboxylic acid groups (broad SMARTS) is 1. The molecule has 2 unspecified atom stereocenters. The first-order valence-corrected chi connectivity index (χ1v) is 10.6. The van der Waals surface area contributed by atoms with Gasteiger partial charge < -0.3 is 19.9 Å². The Hall–Kier alpha value is -3.22.